The van der Waals surface area contributed by atoms with E-state index in [0.717, 1.165) is 34.4 Å². The lowest BCUT2D eigenvalue weighted by atomic mass is 10.0. The molecule has 0 saturated carbocycles. The van der Waals surface area contributed by atoms with Gasteiger partial charge >= 0.3 is 5.97 Å². The minimum Gasteiger partial charge on any atom is -0.425 e. The summed E-state index contributed by atoms with van der Waals surface area (Å²) in [5.74, 6) is 0.581. The van der Waals surface area contributed by atoms with Crippen molar-refractivity contribution in [2.24, 2.45) is 0 Å². The van der Waals surface area contributed by atoms with Crippen molar-refractivity contribution in [3.8, 4) is 5.75 Å². The molecule has 3 aromatic carbocycles. The minimum atomic E-state index is -0.125. The fourth-order valence-corrected chi connectivity index (χ4v) is 3.46. The van der Waals surface area contributed by atoms with Crippen LogP contribution in [0, 0.1) is 6.92 Å². The predicted molar refractivity (Wildman–Crippen MR) is 110 cm³/mol. The number of hydrogen-bond acceptors (Lipinski definition) is 2. The van der Waals surface area contributed by atoms with Gasteiger partial charge in [0, 0.05) is 17.2 Å². The summed E-state index contributed by atoms with van der Waals surface area (Å²) in [6.45, 7) is 4.28. The van der Waals surface area contributed by atoms with E-state index in [1.807, 2.05) is 18.2 Å². The van der Waals surface area contributed by atoms with E-state index in [0.29, 0.717) is 12.2 Å². The summed E-state index contributed by atoms with van der Waals surface area (Å²) < 4.78 is 5.88. The lowest BCUT2D eigenvalue weighted by Crippen LogP contribution is -2.08. The number of carbonyl (C=O) groups excluding carboxylic acids is 1. The maximum atomic E-state index is 12.5. The zero-order valence-corrected chi connectivity index (χ0v) is 15.9. The monoisotopic (exact) mass is 348 g/mol. The molecule has 0 aromatic heterocycles. The first-order chi connectivity index (χ1) is 12.7. The third-order valence-corrected chi connectivity index (χ3v) is 4.92. The van der Waals surface area contributed by atoms with Gasteiger partial charge in [-0.05, 0) is 36.2 Å². The molecule has 0 aliphatic heterocycles. The summed E-state index contributed by atoms with van der Waals surface area (Å²) in [6, 6.07) is 16.6. The summed E-state index contributed by atoms with van der Waals surface area (Å²) in [7, 11) is 0. The highest BCUT2D eigenvalue weighted by Crippen LogP contribution is 2.35. The second-order valence-electron chi connectivity index (χ2n) is 7.14. The van der Waals surface area contributed by atoms with Gasteiger partial charge in [-0.25, -0.2) is 0 Å². The van der Waals surface area contributed by atoms with Crippen molar-refractivity contribution in [1.29, 1.82) is 0 Å². The molecule has 0 unspecified atom stereocenters. The highest BCUT2D eigenvalue weighted by atomic mass is 16.5. The van der Waals surface area contributed by atoms with E-state index < -0.39 is 0 Å². The topological polar surface area (TPSA) is 26.3 Å². The third kappa shape index (κ3) is 4.43. The molecule has 0 aliphatic rings. The molecule has 3 aromatic rings. The first-order valence-corrected chi connectivity index (χ1v) is 9.82. The number of ether oxygens (including phenoxy) is 1. The molecule has 3 rings (SSSR count). The summed E-state index contributed by atoms with van der Waals surface area (Å²) in [4.78, 5) is 12.5. The molecule has 26 heavy (non-hydrogen) atoms. The summed E-state index contributed by atoms with van der Waals surface area (Å²) >= 11 is 0. The molecule has 0 atom stereocenters. The number of hydrogen-bond donors (Lipinski definition) is 0. The van der Waals surface area contributed by atoms with Crippen LogP contribution in [0.2, 0.25) is 0 Å². The maximum absolute atomic E-state index is 12.5. The average Bonchev–Trinajstić information content (AvgIpc) is 2.65. The molecule has 2 nitrogen and oxygen atoms in total. The summed E-state index contributed by atoms with van der Waals surface area (Å²) in [6.07, 6.45) is 7.50. The minimum absolute atomic E-state index is 0.125. The Kier molecular flexibility index (Phi) is 6.27. The number of aryl methyl sites for hydroxylation is 1. The Morgan fingerprint density at radius 1 is 0.846 bits per heavy atom. The highest BCUT2D eigenvalue weighted by molar-refractivity contribution is 6.06. The number of carbonyl (C=O) groups is 1. The van der Waals surface area contributed by atoms with E-state index in [-0.39, 0.29) is 5.97 Å². The van der Waals surface area contributed by atoms with Crippen LogP contribution in [0.5, 0.6) is 5.75 Å². The van der Waals surface area contributed by atoms with Crippen molar-refractivity contribution in [2.75, 3.05) is 0 Å². The Labute approximate surface area is 156 Å². The van der Waals surface area contributed by atoms with Gasteiger partial charge in [0.05, 0.1) is 0 Å². The Morgan fingerprint density at radius 3 is 2.42 bits per heavy atom. The SMILES string of the molecule is CCCCCCCCC(=O)Oc1c2ccccc2cc2ccc(C)cc12. The van der Waals surface area contributed by atoms with Crippen LogP contribution in [-0.2, 0) is 4.79 Å². The number of fused-ring (bicyclic) bond motifs is 2. The van der Waals surface area contributed by atoms with Gasteiger partial charge < -0.3 is 4.74 Å². The predicted octanol–water partition coefficient (Wildman–Crippen LogP) is 6.96. The molecule has 136 valence electrons. The van der Waals surface area contributed by atoms with Gasteiger partial charge in [0.25, 0.3) is 0 Å². The molecule has 0 fully saturated rings. The molecule has 0 heterocycles. The molecule has 0 amide bonds. The van der Waals surface area contributed by atoms with E-state index in [1.54, 1.807) is 0 Å². The van der Waals surface area contributed by atoms with Crippen molar-refractivity contribution < 1.29 is 9.53 Å². The van der Waals surface area contributed by atoms with Crippen molar-refractivity contribution >= 4 is 27.5 Å². The second kappa shape index (κ2) is 8.84. The fraction of sp³-hybridized carbons (Fsp3) is 0.375. The quantitative estimate of drug-likeness (QED) is 0.190. The average molecular weight is 348 g/mol. The van der Waals surface area contributed by atoms with Gasteiger partial charge in [-0.3, -0.25) is 4.79 Å². The number of unbranched alkanes of at least 4 members (excludes halogenated alkanes) is 5. The van der Waals surface area contributed by atoms with Crippen molar-refractivity contribution in [3.63, 3.8) is 0 Å². The van der Waals surface area contributed by atoms with Gasteiger partial charge in [0.2, 0.25) is 0 Å². The van der Waals surface area contributed by atoms with Crippen LogP contribution in [-0.4, -0.2) is 5.97 Å². The molecule has 0 spiro atoms. The molecule has 0 aliphatic carbocycles. The smallest absolute Gasteiger partial charge is 0.311 e. The van der Waals surface area contributed by atoms with Crippen molar-refractivity contribution in [3.05, 3.63) is 54.1 Å². The van der Waals surface area contributed by atoms with Crippen LogP contribution in [0.25, 0.3) is 21.5 Å². The van der Waals surface area contributed by atoms with E-state index in [4.69, 9.17) is 4.74 Å². The van der Waals surface area contributed by atoms with E-state index >= 15 is 0 Å². The zero-order valence-electron chi connectivity index (χ0n) is 15.9. The number of rotatable bonds is 8. The highest BCUT2D eigenvalue weighted by Gasteiger charge is 2.13. The first kappa shape index (κ1) is 18.4. The molecular weight excluding hydrogens is 320 g/mol. The van der Waals surface area contributed by atoms with Gasteiger partial charge in [0.15, 0.2) is 0 Å². The van der Waals surface area contributed by atoms with E-state index in [1.165, 1.54) is 31.2 Å². The second-order valence-corrected chi connectivity index (χ2v) is 7.14. The summed E-state index contributed by atoms with van der Waals surface area (Å²) in [5.41, 5.74) is 1.17. The molecule has 0 N–H and O–H groups in total. The Morgan fingerprint density at radius 2 is 1.58 bits per heavy atom. The molecule has 0 bridgehead atoms. The van der Waals surface area contributed by atoms with Crippen LogP contribution in [0.1, 0.15) is 57.4 Å². The molecule has 0 saturated heterocycles. The largest absolute Gasteiger partial charge is 0.425 e. The fourth-order valence-electron chi connectivity index (χ4n) is 3.46. The third-order valence-electron chi connectivity index (χ3n) is 4.92. The Balaban J connectivity index is 1.79. The summed E-state index contributed by atoms with van der Waals surface area (Å²) in [5, 5.41) is 4.23. The Hall–Kier alpha value is -2.35. The van der Waals surface area contributed by atoms with Crippen LogP contribution < -0.4 is 4.74 Å². The van der Waals surface area contributed by atoms with E-state index in [9.17, 15) is 4.79 Å². The van der Waals surface area contributed by atoms with Crippen LogP contribution in [0.15, 0.2) is 48.5 Å². The number of benzene rings is 3. The lowest BCUT2D eigenvalue weighted by molar-refractivity contribution is -0.134. The Bertz CT molecular complexity index is 895. The van der Waals surface area contributed by atoms with Gasteiger partial charge in [-0.1, -0.05) is 81.0 Å². The molecule has 2 heteroatoms. The van der Waals surface area contributed by atoms with Crippen LogP contribution >= 0.6 is 0 Å². The van der Waals surface area contributed by atoms with Crippen LogP contribution in [0.3, 0.4) is 0 Å². The number of esters is 1. The first-order valence-electron chi connectivity index (χ1n) is 9.82. The van der Waals surface area contributed by atoms with Gasteiger partial charge in [0.1, 0.15) is 5.75 Å². The maximum Gasteiger partial charge on any atom is 0.311 e. The lowest BCUT2D eigenvalue weighted by Gasteiger charge is -2.12. The van der Waals surface area contributed by atoms with Gasteiger partial charge in [-0.15, -0.1) is 0 Å². The van der Waals surface area contributed by atoms with Crippen LogP contribution in [0.4, 0.5) is 0 Å². The standard InChI is InChI=1S/C24H28O2/c1-3-4-5-6-7-8-13-23(25)26-24-21-12-10-9-11-19(21)17-20-15-14-18(2)16-22(20)24/h9-12,14-17H,3-8,13H2,1-2H3. The zero-order chi connectivity index (χ0) is 18.4. The van der Waals surface area contributed by atoms with Crippen molar-refractivity contribution in [2.45, 2.75) is 58.8 Å². The van der Waals surface area contributed by atoms with Crippen molar-refractivity contribution in [1.82, 2.24) is 0 Å². The van der Waals surface area contributed by atoms with Gasteiger partial charge in [-0.2, -0.15) is 0 Å². The molecular formula is C24H28O2. The molecule has 0 radical (unpaired) electrons. The normalized spacial score (nSPS) is 11.2. The van der Waals surface area contributed by atoms with E-state index in [2.05, 4.69) is 44.2 Å².